The van der Waals surface area contributed by atoms with E-state index >= 15 is 0 Å². The van der Waals surface area contributed by atoms with Crippen molar-refractivity contribution in [1.29, 1.82) is 0 Å². The second-order valence-corrected chi connectivity index (χ2v) is 6.86. The van der Waals surface area contributed by atoms with E-state index in [2.05, 4.69) is 25.1 Å². The third-order valence-electron chi connectivity index (χ3n) is 4.91. The third-order valence-corrected chi connectivity index (χ3v) is 4.91. The Morgan fingerprint density at radius 2 is 1.71 bits per heavy atom. The van der Waals surface area contributed by atoms with E-state index in [9.17, 15) is 0 Å². The Morgan fingerprint density at radius 3 is 2.42 bits per heavy atom. The Hall–Kier alpha value is -2.16. The highest BCUT2D eigenvalue weighted by Gasteiger charge is 2.20. The minimum absolute atomic E-state index is 0.585. The van der Waals surface area contributed by atoms with Crippen LogP contribution >= 0.6 is 0 Å². The first-order chi connectivity index (χ1) is 11.7. The van der Waals surface area contributed by atoms with Crippen molar-refractivity contribution in [2.75, 3.05) is 11.5 Å². The van der Waals surface area contributed by atoms with E-state index in [1.165, 1.54) is 43.2 Å². The van der Waals surface area contributed by atoms with Crippen molar-refractivity contribution in [2.24, 2.45) is 0 Å². The summed E-state index contributed by atoms with van der Waals surface area (Å²) in [5.41, 5.74) is 15.8. The fraction of sp³-hybridized carbons (Fsp3) is 0.429. The normalized spacial score (nSPS) is 15.4. The predicted octanol–water partition coefficient (Wildman–Crippen LogP) is 5.64. The fourth-order valence-electron chi connectivity index (χ4n) is 3.65. The molecule has 1 aliphatic rings. The van der Waals surface area contributed by atoms with Crippen molar-refractivity contribution in [3.8, 4) is 11.5 Å². The lowest BCUT2D eigenvalue weighted by molar-refractivity contribution is 0.419. The molecule has 0 heterocycles. The number of benzene rings is 2. The molecule has 24 heavy (non-hydrogen) atoms. The van der Waals surface area contributed by atoms with Crippen LogP contribution in [0.5, 0.6) is 11.5 Å². The molecule has 1 fully saturated rings. The maximum absolute atomic E-state index is 6.20. The van der Waals surface area contributed by atoms with Crippen LogP contribution in [0, 0.1) is 0 Å². The van der Waals surface area contributed by atoms with E-state index in [1.807, 2.05) is 12.1 Å². The van der Waals surface area contributed by atoms with Gasteiger partial charge < -0.3 is 16.2 Å². The lowest BCUT2D eigenvalue weighted by Gasteiger charge is -2.25. The summed E-state index contributed by atoms with van der Waals surface area (Å²) in [4.78, 5) is 0. The summed E-state index contributed by atoms with van der Waals surface area (Å²) in [6.07, 6.45) is 8.76. The smallest absolute Gasteiger partial charge is 0.150 e. The zero-order valence-electron chi connectivity index (χ0n) is 14.6. The summed E-state index contributed by atoms with van der Waals surface area (Å²) >= 11 is 0. The van der Waals surface area contributed by atoms with Gasteiger partial charge in [-0.25, -0.2) is 0 Å². The molecule has 0 radical (unpaired) electrons. The van der Waals surface area contributed by atoms with E-state index in [1.54, 1.807) is 6.07 Å². The van der Waals surface area contributed by atoms with Crippen molar-refractivity contribution >= 4 is 11.4 Å². The van der Waals surface area contributed by atoms with Crippen molar-refractivity contribution in [3.63, 3.8) is 0 Å². The molecule has 2 aromatic rings. The SMILES string of the molecule is CCCc1ccc(Oc2ccc(N)cc2N)c(C2CCCCC2)c1. The number of nitrogens with two attached hydrogens (primary N) is 2. The molecule has 0 atom stereocenters. The van der Waals surface area contributed by atoms with Crippen LogP contribution in [0.3, 0.4) is 0 Å². The Balaban J connectivity index is 1.92. The van der Waals surface area contributed by atoms with Crippen LogP contribution in [0.1, 0.15) is 62.5 Å². The minimum Gasteiger partial charge on any atom is -0.455 e. The first-order valence-corrected chi connectivity index (χ1v) is 9.13. The van der Waals surface area contributed by atoms with Gasteiger partial charge in [-0.15, -0.1) is 0 Å². The first-order valence-electron chi connectivity index (χ1n) is 9.13. The average Bonchev–Trinajstić information content (AvgIpc) is 2.59. The molecular weight excluding hydrogens is 296 g/mol. The molecule has 0 aliphatic heterocycles. The highest BCUT2D eigenvalue weighted by atomic mass is 16.5. The monoisotopic (exact) mass is 324 g/mol. The average molecular weight is 324 g/mol. The molecule has 1 aliphatic carbocycles. The summed E-state index contributed by atoms with van der Waals surface area (Å²) in [7, 11) is 0. The molecule has 0 aromatic heterocycles. The van der Waals surface area contributed by atoms with Crippen LogP contribution in [0.25, 0.3) is 0 Å². The van der Waals surface area contributed by atoms with Crippen molar-refractivity contribution in [2.45, 2.75) is 57.8 Å². The fourth-order valence-corrected chi connectivity index (χ4v) is 3.65. The Labute approximate surface area is 145 Å². The van der Waals surface area contributed by atoms with Gasteiger partial charge in [-0.05, 0) is 60.6 Å². The number of rotatable bonds is 5. The second kappa shape index (κ2) is 7.61. The molecule has 0 spiro atoms. The molecular formula is C21H28N2O. The molecule has 3 nitrogen and oxygen atoms in total. The van der Waals surface area contributed by atoms with Crippen LogP contribution in [-0.2, 0) is 6.42 Å². The highest BCUT2D eigenvalue weighted by Crippen LogP contribution is 2.40. The Bertz CT molecular complexity index is 690. The van der Waals surface area contributed by atoms with E-state index in [-0.39, 0.29) is 0 Å². The van der Waals surface area contributed by atoms with Gasteiger partial charge in [0.2, 0.25) is 0 Å². The standard InChI is InChI=1S/C21H28N2O/c1-2-6-15-9-11-20(18(13-15)16-7-4-3-5-8-16)24-21-12-10-17(22)14-19(21)23/h9-14,16H,2-8,22-23H2,1H3. The summed E-state index contributed by atoms with van der Waals surface area (Å²) in [5, 5.41) is 0. The predicted molar refractivity (Wildman–Crippen MR) is 102 cm³/mol. The first kappa shape index (κ1) is 16.7. The van der Waals surface area contributed by atoms with Gasteiger partial charge in [-0.1, -0.05) is 44.7 Å². The molecule has 3 heteroatoms. The van der Waals surface area contributed by atoms with Crippen molar-refractivity contribution < 1.29 is 4.74 Å². The van der Waals surface area contributed by atoms with Crippen LogP contribution in [-0.4, -0.2) is 0 Å². The molecule has 4 N–H and O–H groups in total. The summed E-state index contributed by atoms with van der Waals surface area (Å²) in [6.45, 7) is 2.22. The molecule has 1 saturated carbocycles. The summed E-state index contributed by atoms with van der Waals surface area (Å²) < 4.78 is 6.20. The molecule has 2 aromatic carbocycles. The minimum atomic E-state index is 0.585. The maximum Gasteiger partial charge on any atom is 0.150 e. The van der Waals surface area contributed by atoms with Crippen molar-refractivity contribution in [1.82, 2.24) is 0 Å². The Kier molecular flexibility index (Phi) is 5.29. The molecule has 0 saturated heterocycles. The van der Waals surface area contributed by atoms with Crippen LogP contribution < -0.4 is 16.2 Å². The topological polar surface area (TPSA) is 61.3 Å². The summed E-state index contributed by atoms with van der Waals surface area (Å²) in [6, 6.07) is 12.1. The van der Waals surface area contributed by atoms with Gasteiger partial charge in [0.15, 0.2) is 0 Å². The molecule has 3 rings (SSSR count). The molecule has 128 valence electrons. The van der Waals surface area contributed by atoms with E-state index in [0.717, 1.165) is 18.6 Å². The number of anilines is 2. The van der Waals surface area contributed by atoms with Crippen LogP contribution in [0.15, 0.2) is 36.4 Å². The van der Waals surface area contributed by atoms with Crippen molar-refractivity contribution in [3.05, 3.63) is 47.5 Å². The third kappa shape index (κ3) is 3.84. The van der Waals surface area contributed by atoms with Gasteiger partial charge in [-0.3, -0.25) is 0 Å². The number of nitrogen functional groups attached to an aromatic ring is 2. The number of ether oxygens (including phenoxy) is 1. The molecule has 0 amide bonds. The largest absolute Gasteiger partial charge is 0.455 e. The lowest BCUT2D eigenvalue weighted by Crippen LogP contribution is -2.07. The van der Waals surface area contributed by atoms with Gasteiger partial charge in [0.1, 0.15) is 11.5 Å². The lowest BCUT2D eigenvalue weighted by atomic mass is 9.83. The van der Waals surface area contributed by atoms with Gasteiger partial charge in [-0.2, -0.15) is 0 Å². The Morgan fingerprint density at radius 1 is 0.958 bits per heavy atom. The number of aryl methyl sites for hydroxylation is 1. The maximum atomic E-state index is 6.20. The van der Waals surface area contributed by atoms with Gasteiger partial charge >= 0.3 is 0 Å². The highest BCUT2D eigenvalue weighted by molar-refractivity contribution is 5.61. The van der Waals surface area contributed by atoms with Gasteiger partial charge in [0, 0.05) is 5.69 Å². The molecule has 0 bridgehead atoms. The zero-order chi connectivity index (χ0) is 16.9. The number of hydrogen-bond acceptors (Lipinski definition) is 3. The van der Waals surface area contributed by atoms with Gasteiger partial charge in [0.05, 0.1) is 5.69 Å². The quantitative estimate of drug-likeness (QED) is 0.699. The van der Waals surface area contributed by atoms with Crippen LogP contribution in [0.2, 0.25) is 0 Å². The second-order valence-electron chi connectivity index (χ2n) is 6.86. The van der Waals surface area contributed by atoms with Gasteiger partial charge in [0.25, 0.3) is 0 Å². The zero-order valence-corrected chi connectivity index (χ0v) is 14.6. The van der Waals surface area contributed by atoms with E-state index in [0.29, 0.717) is 23.0 Å². The van der Waals surface area contributed by atoms with E-state index < -0.39 is 0 Å². The summed E-state index contributed by atoms with van der Waals surface area (Å²) in [5.74, 6) is 2.23. The molecule has 0 unspecified atom stereocenters. The van der Waals surface area contributed by atoms with E-state index in [4.69, 9.17) is 16.2 Å². The van der Waals surface area contributed by atoms with Crippen LogP contribution in [0.4, 0.5) is 11.4 Å². The number of hydrogen-bond donors (Lipinski definition) is 2.